The Morgan fingerprint density at radius 2 is 2.00 bits per heavy atom. The van der Waals surface area contributed by atoms with E-state index in [1.807, 2.05) is 30.3 Å². The fraction of sp³-hybridized carbons (Fsp3) is 0.235. The second-order valence-corrected chi connectivity index (χ2v) is 5.15. The Hall–Kier alpha value is -2.13. The number of nitrogens with one attached hydrogen (secondary N) is 1. The number of rotatable bonds is 3. The second kappa shape index (κ2) is 5.47. The number of ketones is 1. The van der Waals surface area contributed by atoms with Gasteiger partial charge in [0.1, 0.15) is 5.75 Å². The summed E-state index contributed by atoms with van der Waals surface area (Å²) in [6.07, 6.45) is 0.896. The average Bonchev–Trinajstić information content (AvgIpc) is 3.01. The van der Waals surface area contributed by atoms with Crippen molar-refractivity contribution in [1.29, 1.82) is 0 Å². The zero-order chi connectivity index (χ0) is 13.9. The summed E-state index contributed by atoms with van der Waals surface area (Å²) in [4.78, 5) is 12.6. The molecular weight excluding hydrogens is 250 g/mol. The third-order valence-corrected chi connectivity index (χ3v) is 3.78. The SMILES string of the molecule is O=C(c1ccccc1-c1cccc(O)c1)C1CCNC1. The summed E-state index contributed by atoms with van der Waals surface area (Å²) in [6, 6.07) is 14.7. The number of phenolic OH excluding ortho intramolecular Hbond substituents is 1. The highest BCUT2D eigenvalue weighted by Gasteiger charge is 2.25. The summed E-state index contributed by atoms with van der Waals surface area (Å²) in [5.41, 5.74) is 2.51. The lowest BCUT2D eigenvalue weighted by molar-refractivity contribution is 0.0931. The third-order valence-electron chi connectivity index (χ3n) is 3.78. The lowest BCUT2D eigenvalue weighted by Crippen LogP contribution is -2.18. The largest absolute Gasteiger partial charge is 0.508 e. The number of benzene rings is 2. The lowest BCUT2D eigenvalue weighted by atomic mass is 9.90. The molecule has 1 fully saturated rings. The van der Waals surface area contributed by atoms with Crippen molar-refractivity contribution in [3.63, 3.8) is 0 Å². The van der Waals surface area contributed by atoms with Gasteiger partial charge in [0.2, 0.25) is 0 Å². The molecule has 3 heteroatoms. The van der Waals surface area contributed by atoms with Crippen molar-refractivity contribution in [3.05, 3.63) is 54.1 Å². The van der Waals surface area contributed by atoms with Gasteiger partial charge in [0.25, 0.3) is 0 Å². The third kappa shape index (κ3) is 2.45. The van der Waals surface area contributed by atoms with E-state index in [0.717, 1.165) is 36.2 Å². The maximum Gasteiger partial charge on any atom is 0.167 e. The highest BCUT2D eigenvalue weighted by Crippen LogP contribution is 2.29. The lowest BCUT2D eigenvalue weighted by Gasteiger charge is -2.12. The Balaban J connectivity index is 2.02. The first-order valence-corrected chi connectivity index (χ1v) is 6.89. The Bertz CT molecular complexity index is 630. The molecule has 0 amide bonds. The molecular formula is C17H17NO2. The Labute approximate surface area is 118 Å². The summed E-state index contributed by atoms with van der Waals surface area (Å²) in [7, 11) is 0. The summed E-state index contributed by atoms with van der Waals surface area (Å²) in [5, 5.41) is 12.9. The van der Waals surface area contributed by atoms with Crippen LogP contribution >= 0.6 is 0 Å². The van der Waals surface area contributed by atoms with Crippen LogP contribution in [0.3, 0.4) is 0 Å². The molecule has 0 spiro atoms. The van der Waals surface area contributed by atoms with E-state index >= 15 is 0 Å². The van der Waals surface area contributed by atoms with E-state index in [1.165, 1.54) is 0 Å². The highest BCUT2D eigenvalue weighted by molar-refractivity contribution is 6.04. The summed E-state index contributed by atoms with van der Waals surface area (Å²) in [5.74, 6) is 0.467. The van der Waals surface area contributed by atoms with Crippen molar-refractivity contribution < 1.29 is 9.90 Å². The van der Waals surface area contributed by atoms with E-state index in [1.54, 1.807) is 18.2 Å². The average molecular weight is 267 g/mol. The van der Waals surface area contributed by atoms with Crippen molar-refractivity contribution in [2.24, 2.45) is 5.92 Å². The summed E-state index contributed by atoms with van der Waals surface area (Å²) in [6.45, 7) is 1.66. The van der Waals surface area contributed by atoms with Crippen LogP contribution in [0.15, 0.2) is 48.5 Å². The zero-order valence-corrected chi connectivity index (χ0v) is 11.2. The van der Waals surface area contributed by atoms with Gasteiger partial charge in [-0.3, -0.25) is 4.79 Å². The fourth-order valence-corrected chi connectivity index (χ4v) is 2.72. The van der Waals surface area contributed by atoms with Crippen LogP contribution in [-0.4, -0.2) is 24.0 Å². The number of hydrogen-bond acceptors (Lipinski definition) is 3. The van der Waals surface area contributed by atoms with Crippen LogP contribution in [0.2, 0.25) is 0 Å². The summed E-state index contributed by atoms with van der Waals surface area (Å²) < 4.78 is 0. The number of hydrogen-bond donors (Lipinski definition) is 2. The Kier molecular flexibility index (Phi) is 3.52. The van der Waals surface area contributed by atoms with Gasteiger partial charge in [0, 0.05) is 18.0 Å². The molecule has 1 aliphatic heterocycles. The standard InChI is InChI=1S/C17H17NO2/c19-14-5-3-4-12(10-14)15-6-1-2-7-16(15)17(20)13-8-9-18-11-13/h1-7,10,13,18-19H,8-9,11H2. The van der Waals surface area contributed by atoms with Crippen LogP contribution in [0, 0.1) is 5.92 Å². The van der Waals surface area contributed by atoms with Crippen LogP contribution < -0.4 is 5.32 Å². The first-order valence-electron chi connectivity index (χ1n) is 6.89. The monoisotopic (exact) mass is 267 g/mol. The van der Waals surface area contributed by atoms with Gasteiger partial charge >= 0.3 is 0 Å². The number of carbonyl (C=O) groups excluding carboxylic acids is 1. The van der Waals surface area contributed by atoms with Crippen LogP contribution in [0.4, 0.5) is 0 Å². The van der Waals surface area contributed by atoms with Crippen LogP contribution in [-0.2, 0) is 0 Å². The molecule has 3 nitrogen and oxygen atoms in total. The van der Waals surface area contributed by atoms with Gasteiger partial charge in [-0.25, -0.2) is 0 Å². The van der Waals surface area contributed by atoms with Crippen molar-refractivity contribution in [3.8, 4) is 16.9 Å². The van der Waals surface area contributed by atoms with Crippen molar-refractivity contribution in [2.45, 2.75) is 6.42 Å². The molecule has 3 rings (SSSR count). The van der Waals surface area contributed by atoms with Crippen molar-refractivity contribution in [1.82, 2.24) is 5.32 Å². The molecule has 0 bridgehead atoms. The molecule has 20 heavy (non-hydrogen) atoms. The second-order valence-electron chi connectivity index (χ2n) is 5.15. The molecule has 2 aromatic rings. The van der Waals surface area contributed by atoms with E-state index in [-0.39, 0.29) is 17.5 Å². The minimum absolute atomic E-state index is 0.0634. The fourth-order valence-electron chi connectivity index (χ4n) is 2.72. The van der Waals surface area contributed by atoms with E-state index in [2.05, 4.69) is 5.32 Å². The van der Waals surface area contributed by atoms with E-state index in [9.17, 15) is 9.90 Å². The van der Waals surface area contributed by atoms with Gasteiger partial charge < -0.3 is 10.4 Å². The molecule has 1 atom stereocenters. The molecule has 2 N–H and O–H groups in total. The predicted octanol–water partition coefficient (Wildman–Crippen LogP) is 2.85. The topological polar surface area (TPSA) is 49.3 Å². The molecule has 1 aliphatic rings. The normalized spacial score (nSPS) is 18.1. The maximum atomic E-state index is 12.6. The van der Waals surface area contributed by atoms with Crippen molar-refractivity contribution >= 4 is 5.78 Å². The molecule has 1 unspecified atom stereocenters. The van der Waals surface area contributed by atoms with Crippen LogP contribution in [0.5, 0.6) is 5.75 Å². The van der Waals surface area contributed by atoms with E-state index < -0.39 is 0 Å². The van der Waals surface area contributed by atoms with E-state index in [0.29, 0.717) is 0 Å². The molecule has 0 radical (unpaired) electrons. The molecule has 102 valence electrons. The van der Waals surface area contributed by atoms with Gasteiger partial charge in [-0.2, -0.15) is 0 Å². The molecule has 0 aliphatic carbocycles. The number of phenols is 1. The highest BCUT2D eigenvalue weighted by atomic mass is 16.3. The minimum atomic E-state index is 0.0634. The number of carbonyl (C=O) groups is 1. The minimum Gasteiger partial charge on any atom is -0.508 e. The number of aromatic hydroxyl groups is 1. The first-order chi connectivity index (χ1) is 9.75. The van der Waals surface area contributed by atoms with Crippen LogP contribution in [0.1, 0.15) is 16.8 Å². The summed E-state index contributed by atoms with van der Waals surface area (Å²) >= 11 is 0. The van der Waals surface area contributed by atoms with Gasteiger partial charge in [0.15, 0.2) is 5.78 Å². The predicted molar refractivity (Wildman–Crippen MR) is 78.9 cm³/mol. The molecule has 0 aromatic heterocycles. The smallest absolute Gasteiger partial charge is 0.167 e. The zero-order valence-electron chi connectivity index (χ0n) is 11.2. The molecule has 1 heterocycles. The molecule has 2 aromatic carbocycles. The maximum absolute atomic E-state index is 12.6. The Morgan fingerprint density at radius 3 is 2.75 bits per heavy atom. The first kappa shape index (κ1) is 12.9. The van der Waals surface area contributed by atoms with Crippen LogP contribution in [0.25, 0.3) is 11.1 Å². The van der Waals surface area contributed by atoms with Gasteiger partial charge in [-0.15, -0.1) is 0 Å². The van der Waals surface area contributed by atoms with Gasteiger partial charge in [0.05, 0.1) is 0 Å². The number of Topliss-reactive ketones (excluding diaryl/α,β-unsaturated/α-hetero) is 1. The van der Waals surface area contributed by atoms with E-state index in [4.69, 9.17) is 0 Å². The van der Waals surface area contributed by atoms with Gasteiger partial charge in [-0.05, 0) is 36.2 Å². The van der Waals surface area contributed by atoms with Gasteiger partial charge in [-0.1, -0.05) is 36.4 Å². The Morgan fingerprint density at radius 1 is 1.15 bits per heavy atom. The molecule has 0 saturated carbocycles. The van der Waals surface area contributed by atoms with Crippen molar-refractivity contribution in [2.75, 3.05) is 13.1 Å². The molecule has 1 saturated heterocycles. The quantitative estimate of drug-likeness (QED) is 0.841.